The highest BCUT2D eigenvalue weighted by Crippen LogP contribution is 2.26. The molecule has 0 aliphatic carbocycles. The van der Waals surface area contributed by atoms with E-state index in [1.807, 2.05) is 6.07 Å². The summed E-state index contributed by atoms with van der Waals surface area (Å²) in [4.78, 5) is 16.6. The molecule has 1 amide bonds. The molecule has 0 radical (unpaired) electrons. The van der Waals surface area contributed by atoms with Crippen LogP contribution in [0, 0.1) is 5.95 Å². The van der Waals surface area contributed by atoms with Gasteiger partial charge in [-0.25, -0.2) is 15.1 Å². The maximum absolute atomic E-state index is 14.6. The molecule has 136 valence electrons. The number of amides is 1. The molecule has 1 aromatic carbocycles. The number of carbonyl (C=O) groups excluding carboxylic acids is 1. The van der Waals surface area contributed by atoms with Crippen molar-refractivity contribution in [3.63, 3.8) is 0 Å². The van der Waals surface area contributed by atoms with E-state index in [-0.39, 0.29) is 10.6 Å². The lowest BCUT2D eigenvalue weighted by Crippen LogP contribution is -2.29. The summed E-state index contributed by atoms with van der Waals surface area (Å²) in [5, 5.41) is 12.3. The third-order valence-corrected chi connectivity index (χ3v) is 4.04. The minimum Gasteiger partial charge on any atom is -0.320 e. The first-order valence-electron chi connectivity index (χ1n) is 7.95. The van der Waals surface area contributed by atoms with Crippen molar-refractivity contribution < 1.29 is 9.18 Å². The van der Waals surface area contributed by atoms with Crippen molar-refractivity contribution in [2.75, 3.05) is 17.0 Å². The van der Waals surface area contributed by atoms with Gasteiger partial charge in [-0.05, 0) is 18.2 Å². The summed E-state index contributed by atoms with van der Waals surface area (Å²) < 4.78 is 15.6. The smallest absolute Gasteiger partial charge is 0.262 e. The first-order chi connectivity index (χ1) is 13.1. The molecule has 0 spiro atoms. The lowest BCUT2D eigenvalue weighted by atomic mass is 10.3. The second kappa shape index (κ2) is 7.14. The Morgan fingerprint density at radius 3 is 2.78 bits per heavy atom. The number of benzene rings is 1. The summed E-state index contributed by atoms with van der Waals surface area (Å²) in [6, 6.07) is 10.2. The second-order valence-corrected chi connectivity index (χ2v) is 5.96. The first-order valence-corrected chi connectivity index (χ1v) is 8.33. The number of nitrogens with one attached hydrogen (secondary N) is 2. The van der Waals surface area contributed by atoms with Crippen LogP contribution < -0.4 is 15.9 Å². The Balaban J connectivity index is 1.54. The Hall–Kier alpha value is -3.30. The zero-order chi connectivity index (χ0) is 18.8. The topological polar surface area (TPSA) is 87.4 Å². The second-order valence-electron chi connectivity index (χ2n) is 5.55. The molecule has 1 aliphatic rings. The molecule has 0 unspecified atom stereocenters. The van der Waals surface area contributed by atoms with E-state index in [0.717, 1.165) is 4.68 Å². The highest BCUT2D eigenvalue weighted by atomic mass is 35.5. The molecule has 0 bridgehead atoms. The average molecular weight is 386 g/mol. The third-order valence-electron chi connectivity index (χ3n) is 3.77. The Kier molecular flexibility index (Phi) is 4.53. The minimum absolute atomic E-state index is 0.190. The van der Waals surface area contributed by atoms with Gasteiger partial charge in [0.25, 0.3) is 5.91 Å². The summed E-state index contributed by atoms with van der Waals surface area (Å²) in [6.07, 6.45) is 4.25. The molecular formula is C17H13ClFN7O. The number of hydrazone groups is 1. The Labute approximate surface area is 158 Å². The van der Waals surface area contributed by atoms with Crippen LogP contribution in [0.3, 0.4) is 0 Å². The average Bonchev–Trinajstić information content (AvgIpc) is 3.32. The van der Waals surface area contributed by atoms with Crippen LogP contribution in [0.5, 0.6) is 0 Å². The molecule has 0 saturated carbocycles. The highest BCUT2D eigenvalue weighted by Gasteiger charge is 2.20. The van der Waals surface area contributed by atoms with E-state index in [1.54, 1.807) is 30.5 Å². The first kappa shape index (κ1) is 17.1. The number of aromatic nitrogens is 3. The van der Waals surface area contributed by atoms with Crippen molar-refractivity contribution in [3.8, 4) is 5.69 Å². The van der Waals surface area contributed by atoms with Crippen LogP contribution in [0.15, 0.2) is 53.9 Å². The zero-order valence-electron chi connectivity index (χ0n) is 13.8. The predicted octanol–water partition coefficient (Wildman–Crippen LogP) is 2.62. The van der Waals surface area contributed by atoms with E-state index in [9.17, 15) is 9.18 Å². The van der Waals surface area contributed by atoms with Gasteiger partial charge >= 0.3 is 0 Å². The van der Waals surface area contributed by atoms with Crippen LogP contribution in [-0.2, 0) is 0 Å². The van der Waals surface area contributed by atoms with Crippen LogP contribution in [0.4, 0.5) is 15.9 Å². The SMILES string of the molecule is O=C(Nc1cnc(N2N=CCN2)c(Cl)c1)c1cnn(-c2ccccc2)c1F. The van der Waals surface area contributed by atoms with Crippen LogP contribution in [0.25, 0.3) is 5.69 Å². The number of nitrogens with zero attached hydrogens (tertiary/aromatic N) is 5. The summed E-state index contributed by atoms with van der Waals surface area (Å²) in [5.41, 5.74) is 3.59. The maximum Gasteiger partial charge on any atom is 0.262 e. The van der Waals surface area contributed by atoms with Gasteiger partial charge in [0.2, 0.25) is 5.95 Å². The van der Waals surface area contributed by atoms with Gasteiger partial charge in [-0.15, -0.1) is 0 Å². The van der Waals surface area contributed by atoms with Gasteiger partial charge in [0.05, 0.1) is 35.3 Å². The molecule has 2 N–H and O–H groups in total. The lowest BCUT2D eigenvalue weighted by molar-refractivity contribution is 0.102. The zero-order valence-corrected chi connectivity index (χ0v) is 14.6. The Bertz CT molecular complexity index is 1020. The van der Waals surface area contributed by atoms with E-state index in [2.05, 4.69) is 25.9 Å². The van der Waals surface area contributed by atoms with E-state index in [1.165, 1.54) is 23.6 Å². The summed E-state index contributed by atoms with van der Waals surface area (Å²) in [7, 11) is 0. The normalized spacial score (nSPS) is 13.2. The molecule has 10 heteroatoms. The number of halogens is 2. The van der Waals surface area contributed by atoms with Gasteiger partial charge in [0.1, 0.15) is 5.56 Å². The van der Waals surface area contributed by atoms with Crippen LogP contribution in [0.1, 0.15) is 10.4 Å². The van der Waals surface area contributed by atoms with Crippen molar-refractivity contribution >= 4 is 35.2 Å². The fourth-order valence-corrected chi connectivity index (χ4v) is 2.75. The van der Waals surface area contributed by atoms with Crippen molar-refractivity contribution in [1.29, 1.82) is 0 Å². The molecule has 4 rings (SSSR count). The Morgan fingerprint density at radius 2 is 2.07 bits per heavy atom. The molecule has 27 heavy (non-hydrogen) atoms. The molecular weight excluding hydrogens is 373 g/mol. The van der Waals surface area contributed by atoms with Crippen molar-refractivity contribution in [2.45, 2.75) is 0 Å². The maximum atomic E-state index is 14.6. The molecule has 0 atom stereocenters. The number of para-hydroxylation sites is 1. The molecule has 3 heterocycles. The lowest BCUT2D eigenvalue weighted by Gasteiger charge is -2.14. The number of rotatable bonds is 4. The standard InChI is InChI=1S/C17H13ClFN7O/c18-14-8-11(9-20-16(14)26-21-6-7-22-26)24-17(27)13-10-23-25(15(13)19)12-4-2-1-3-5-12/h1-6,8-10,22H,7H2,(H,24,27). The van der Waals surface area contributed by atoms with E-state index < -0.39 is 11.9 Å². The number of hydrazine groups is 1. The van der Waals surface area contributed by atoms with Crippen LogP contribution in [-0.4, -0.2) is 33.4 Å². The number of hydrogen-bond acceptors (Lipinski definition) is 6. The van der Waals surface area contributed by atoms with E-state index in [0.29, 0.717) is 23.7 Å². The van der Waals surface area contributed by atoms with Gasteiger partial charge in [0, 0.05) is 6.21 Å². The monoisotopic (exact) mass is 385 g/mol. The predicted molar refractivity (Wildman–Crippen MR) is 99.7 cm³/mol. The van der Waals surface area contributed by atoms with Crippen molar-refractivity contribution in [2.24, 2.45) is 5.10 Å². The quantitative estimate of drug-likeness (QED) is 0.721. The largest absolute Gasteiger partial charge is 0.320 e. The highest BCUT2D eigenvalue weighted by molar-refractivity contribution is 6.33. The summed E-state index contributed by atoms with van der Waals surface area (Å²) in [6.45, 7) is 0.571. The van der Waals surface area contributed by atoms with Crippen LogP contribution >= 0.6 is 11.6 Å². The number of hydrogen-bond donors (Lipinski definition) is 2. The minimum atomic E-state index is -0.759. The van der Waals surface area contributed by atoms with Gasteiger partial charge in [-0.3, -0.25) is 4.79 Å². The van der Waals surface area contributed by atoms with Crippen molar-refractivity contribution in [3.05, 3.63) is 65.3 Å². The molecule has 0 saturated heterocycles. The fraction of sp³-hybridized carbons (Fsp3) is 0.0588. The summed E-state index contributed by atoms with van der Waals surface area (Å²) in [5.74, 6) is -1.02. The van der Waals surface area contributed by atoms with Gasteiger partial charge < -0.3 is 5.32 Å². The number of carbonyl (C=O) groups is 1. The summed E-state index contributed by atoms with van der Waals surface area (Å²) >= 11 is 6.19. The molecule has 0 fully saturated rings. The number of anilines is 2. The molecule has 1 aliphatic heterocycles. The van der Waals surface area contributed by atoms with Gasteiger partial charge in [0.15, 0.2) is 5.82 Å². The van der Waals surface area contributed by atoms with Gasteiger partial charge in [-0.1, -0.05) is 29.8 Å². The number of pyridine rings is 1. The third kappa shape index (κ3) is 3.37. The van der Waals surface area contributed by atoms with Crippen molar-refractivity contribution in [1.82, 2.24) is 20.2 Å². The Morgan fingerprint density at radius 1 is 1.26 bits per heavy atom. The van der Waals surface area contributed by atoms with Gasteiger partial charge in [-0.2, -0.15) is 19.7 Å². The fourth-order valence-electron chi connectivity index (χ4n) is 2.51. The molecule has 2 aromatic heterocycles. The molecule has 3 aromatic rings. The van der Waals surface area contributed by atoms with E-state index >= 15 is 0 Å². The van der Waals surface area contributed by atoms with E-state index in [4.69, 9.17) is 11.6 Å². The molecule has 8 nitrogen and oxygen atoms in total. The van der Waals surface area contributed by atoms with Crippen LogP contribution in [0.2, 0.25) is 5.02 Å².